The molecule has 1 aliphatic heterocycles. The van der Waals surface area contributed by atoms with Crippen molar-refractivity contribution in [3.8, 4) is 0 Å². The van der Waals surface area contributed by atoms with Crippen molar-refractivity contribution >= 4 is 17.8 Å². The molecule has 1 fully saturated rings. The smallest absolute Gasteiger partial charge is 0.315 e. The Balaban J connectivity index is 1.75. The molecular weight excluding hydrogens is 288 g/mol. The third-order valence-electron chi connectivity index (χ3n) is 3.44. The molecule has 0 aromatic carbocycles. The van der Waals surface area contributed by atoms with E-state index in [4.69, 9.17) is 4.52 Å². The SMILES string of the molecule is CC(C)(C)c1nc(CNC(=O)NC[C@@]2(C)CCCS2)no1. The number of urea groups is 1. The van der Waals surface area contributed by atoms with Crippen molar-refractivity contribution in [3.05, 3.63) is 11.7 Å². The molecule has 2 N–H and O–H groups in total. The molecule has 1 aromatic heterocycles. The summed E-state index contributed by atoms with van der Waals surface area (Å²) in [6, 6.07) is -0.189. The Bertz CT molecular complexity index is 489. The maximum Gasteiger partial charge on any atom is 0.315 e. The van der Waals surface area contributed by atoms with Crippen molar-refractivity contribution in [1.29, 1.82) is 0 Å². The van der Waals surface area contributed by atoms with Crippen molar-refractivity contribution < 1.29 is 9.32 Å². The van der Waals surface area contributed by atoms with Crippen LogP contribution in [0.2, 0.25) is 0 Å². The molecule has 0 saturated carbocycles. The molecule has 1 saturated heterocycles. The van der Waals surface area contributed by atoms with Gasteiger partial charge in [-0.2, -0.15) is 16.7 Å². The van der Waals surface area contributed by atoms with Crippen molar-refractivity contribution in [3.63, 3.8) is 0 Å². The average molecular weight is 312 g/mol. The third kappa shape index (κ3) is 4.62. The van der Waals surface area contributed by atoms with Gasteiger partial charge in [0.1, 0.15) is 0 Å². The van der Waals surface area contributed by atoms with Gasteiger partial charge in [0.05, 0.1) is 6.54 Å². The zero-order valence-corrected chi connectivity index (χ0v) is 14.0. The van der Waals surface area contributed by atoms with E-state index in [1.54, 1.807) is 0 Å². The molecule has 118 valence electrons. The summed E-state index contributed by atoms with van der Waals surface area (Å²) in [5.41, 5.74) is -0.179. The van der Waals surface area contributed by atoms with Gasteiger partial charge >= 0.3 is 6.03 Å². The number of rotatable bonds is 4. The average Bonchev–Trinajstić information content (AvgIpc) is 3.03. The first-order valence-corrected chi connectivity index (χ1v) is 8.26. The van der Waals surface area contributed by atoms with Crippen LogP contribution in [0.15, 0.2) is 4.52 Å². The van der Waals surface area contributed by atoms with Crippen LogP contribution in [0, 0.1) is 0 Å². The second-order valence-electron chi connectivity index (χ2n) is 6.70. The number of carbonyl (C=O) groups is 1. The lowest BCUT2D eigenvalue weighted by molar-refractivity contribution is 0.239. The summed E-state index contributed by atoms with van der Waals surface area (Å²) >= 11 is 1.93. The highest BCUT2D eigenvalue weighted by atomic mass is 32.2. The van der Waals surface area contributed by atoms with E-state index in [9.17, 15) is 4.79 Å². The first-order chi connectivity index (χ1) is 9.78. The van der Waals surface area contributed by atoms with Crippen LogP contribution in [0.1, 0.15) is 52.3 Å². The van der Waals surface area contributed by atoms with Gasteiger partial charge in [0.2, 0.25) is 5.89 Å². The maximum atomic E-state index is 11.8. The molecule has 1 atom stereocenters. The molecular formula is C14H24N4O2S. The third-order valence-corrected chi connectivity index (χ3v) is 4.98. The second-order valence-corrected chi connectivity index (χ2v) is 8.39. The van der Waals surface area contributed by atoms with Gasteiger partial charge in [-0.05, 0) is 25.5 Å². The molecule has 1 aliphatic rings. The minimum absolute atomic E-state index is 0.170. The number of nitrogens with one attached hydrogen (secondary N) is 2. The highest BCUT2D eigenvalue weighted by molar-refractivity contribution is 8.00. The summed E-state index contributed by atoms with van der Waals surface area (Å²) in [4.78, 5) is 16.1. The van der Waals surface area contributed by atoms with E-state index in [1.807, 2.05) is 32.5 Å². The molecule has 0 radical (unpaired) electrons. The Morgan fingerprint density at radius 3 is 2.76 bits per heavy atom. The van der Waals surface area contributed by atoms with Gasteiger partial charge in [-0.25, -0.2) is 4.79 Å². The van der Waals surface area contributed by atoms with Crippen LogP contribution in [0.5, 0.6) is 0 Å². The maximum absolute atomic E-state index is 11.8. The van der Waals surface area contributed by atoms with Crippen molar-refractivity contribution in [2.24, 2.45) is 0 Å². The Morgan fingerprint density at radius 1 is 1.43 bits per heavy atom. The fourth-order valence-electron chi connectivity index (χ4n) is 2.10. The molecule has 1 aromatic rings. The highest BCUT2D eigenvalue weighted by Gasteiger charge is 2.29. The van der Waals surface area contributed by atoms with Crippen LogP contribution >= 0.6 is 11.8 Å². The number of carbonyl (C=O) groups excluding carboxylic acids is 1. The van der Waals surface area contributed by atoms with E-state index in [2.05, 4.69) is 27.7 Å². The van der Waals surface area contributed by atoms with E-state index in [1.165, 1.54) is 12.2 Å². The van der Waals surface area contributed by atoms with Gasteiger partial charge in [-0.15, -0.1) is 0 Å². The van der Waals surface area contributed by atoms with Gasteiger partial charge in [-0.1, -0.05) is 25.9 Å². The van der Waals surface area contributed by atoms with E-state index in [-0.39, 0.29) is 22.7 Å². The lowest BCUT2D eigenvalue weighted by atomic mass is 9.97. The largest absolute Gasteiger partial charge is 0.339 e. The quantitative estimate of drug-likeness (QED) is 0.892. The fraction of sp³-hybridized carbons (Fsp3) is 0.786. The highest BCUT2D eigenvalue weighted by Crippen LogP contribution is 2.36. The Kier molecular flexibility index (Phi) is 4.81. The molecule has 21 heavy (non-hydrogen) atoms. The zero-order chi connectivity index (χ0) is 15.5. The number of amides is 2. The van der Waals surface area contributed by atoms with Crippen LogP contribution in [0.4, 0.5) is 4.79 Å². The zero-order valence-electron chi connectivity index (χ0n) is 13.2. The van der Waals surface area contributed by atoms with Gasteiger partial charge in [-0.3, -0.25) is 0 Å². The number of nitrogens with zero attached hydrogens (tertiary/aromatic N) is 2. The molecule has 2 heterocycles. The fourth-order valence-corrected chi connectivity index (χ4v) is 3.34. The van der Waals surface area contributed by atoms with Crippen molar-refractivity contribution in [2.75, 3.05) is 12.3 Å². The molecule has 0 aliphatic carbocycles. The van der Waals surface area contributed by atoms with Gasteiger partial charge < -0.3 is 15.2 Å². The summed E-state index contributed by atoms with van der Waals surface area (Å²) in [5, 5.41) is 9.55. The Morgan fingerprint density at radius 2 is 2.19 bits per heavy atom. The normalized spacial score (nSPS) is 22.3. The number of aromatic nitrogens is 2. The Hall–Kier alpha value is -1.24. The van der Waals surface area contributed by atoms with E-state index in [0.717, 1.165) is 6.42 Å². The topological polar surface area (TPSA) is 80.0 Å². The lowest BCUT2D eigenvalue weighted by Gasteiger charge is -2.22. The molecule has 7 heteroatoms. The second kappa shape index (κ2) is 6.25. The minimum atomic E-state index is -0.189. The molecule has 2 rings (SSSR count). The standard InChI is InChI=1S/C14H24N4O2S/c1-13(2,3)11-17-10(18-20-11)8-15-12(19)16-9-14(4)6-5-7-21-14/h5-9H2,1-4H3,(H2,15,16,19)/t14-/m1/s1. The van der Waals surface area contributed by atoms with Crippen LogP contribution < -0.4 is 10.6 Å². The van der Waals surface area contributed by atoms with Crippen LogP contribution in [-0.2, 0) is 12.0 Å². The molecule has 6 nitrogen and oxygen atoms in total. The summed E-state index contributed by atoms with van der Waals surface area (Å²) in [6.07, 6.45) is 2.38. The van der Waals surface area contributed by atoms with Crippen LogP contribution in [0.3, 0.4) is 0 Å². The van der Waals surface area contributed by atoms with E-state index in [0.29, 0.717) is 18.3 Å². The molecule has 0 unspecified atom stereocenters. The summed E-state index contributed by atoms with van der Waals surface area (Å²) in [7, 11) is 0. The number of thioether (sulfide) groups is 1. The molecule has 0 spiro atoms. The van der Waals surface area contributed by atoms with Gasteiger partial charge in [0, 0.05) is 16.7 Å². The number of hydrogen-bond acceptors (Lipinski definition) is 5. The monoisotopic (exact) mass is 312 g/mol. The minimum Gasteiger partial charge on any atom is -0.339 e. The number of hydrogen-bond donors (Lipinski definition) is 2. The predicted molar refractivity (Wildman–Crippen MR) is 83.3 cm³/mol. The molecule has 2 amide bonds. The Labute approximate surface area is 129 Å². The van der Waals surface area contributed by atoms with Crippen molar-refractivity contribution in [1.82, 2.24) is 20.8 Å². The van der Waals surface area contributed by atoms with Crippen molar-refractivity contribution in [2.45, 2.75) is 57.2 Å². The first kappa shape index (κ1) is 16.1. The summed E-state index contributed by atoms with van der Waals surface area (Å²) in [6.45, 7) is 9.16. The summed E-state index contributed by atoms with van der Waals surface area (Å²) in [5.74, 6) is 2.25. The van der Waals surface area contributed by atoms with E-state index >= 15 is 0 Å². The molecule has 0 bridgehead atoms. The van der Waals surface area contributed by atoms with Crippen LogP contribution in [-0.4, -0.2) is 33.2 Å². The van der Waals surface area contributed by atoms with Gasteiger partial charge in [0.25, 0.3) is 0 Å². The lowest BCUT2D eigenvalue weighted by Crippen LogP contribution is -2.42. The van der Waals surface area contributed by atoms with E-state index < -0.39 is 0 Å². The van der Waals surface area contributed by atoms with Crippen LogP contribution in [0.25, 0.3) is 0 Å². The summed E-state index contributed by atoms with van der Waals surface area (Å²) < 4.78 is 5.35. The first-order valence-electron chi connectivity index (χ1n) is 7.27. The predicted octanol–water partition coefficient (Wildman–Crippen LogP) is 2.45. The van der Waals surface area contributed by atoms with Gasteiger partial charge in [0.15, 0.2) is 5.82 Å².